The lowest BCUT2D eigenvalue weighted by atomic mass is 9.92. The molecular weight excluding hydrogens is 344 g/mol. The highest BCUT2D eigenvalue weighted by atomic mass is 35.5. The summed E-state index contributed by atoms with van der Waals surface area (Å²) in [4.78, 5) is 11.9. The highest BCUT2D eigenvalue weighted by molar-refractivity contribution is 8.01. The minimum absolute atomic E-state index is 0.201. The molecule has 21 heavy (non-hydrogen) atoms. The second kappa shape index (κ2) is 6.60. The first kappa shape index (κ1) is 16.7. The van der Waals surface area contributed by atoms with Crippen LogP contribution in [0.3, 0.4) is 0 Å². The lowest BCUT2D eigenvalue weighted by Crippen LogP contribution is -2.21. The molecule has 7 heteroatoms. The number of carbonyl (C=O) groups excluding carboxylic acids is 1. The van der Waals surface area contributed by atoms with Crippen molar-refractivity contribution in [3.8, 4) is 5.69 Å². The molecule has 0 aliphatic carbocycles. The fourth-order valence-electron chi connectivity index (χ4n) is 1.41. The van der Waals surface area contributed by atoms with Crippen LogP contribution in [0.4, 0.5) is 0 Å². The number of rotatable bonds is 4. The maximum absolute atomic E-state index is 11.9. The van der Waals surface area contributed by atoms with Crippen LogP contribution < -0.4 is 0 Å². The fraction of sp³-hybridized carbons (Fsp3) is 0.357. The second-order valence-corrected chi connectivity index (χ2v) is 8.77. The molecule has 0 bridgehead atoms. The van der Waals surface area contributed by atoms with Gasteiger partial charge in [-0.1, -0.05) is 55.5 Å². The van der Waals surface area contributed by atoms with Crippen molar-refractivity contribution in [3.05, 3.63) is 33.2 Å². The Bertz CT molecular complexity index is 698. The Kier molecular flexibility index (Phi) is 5.24. The lowest BCUT2D eigenvalue weighted by molar-refractivity contribution is -0.123. The lowest BCUT2D eigenvalue weighted by Gasteiger charge is -2.15. The van der Waals surface area contributed by atoms with E-state index in [4.69, 9.17) is 23.8 Å². The molecule has 0 radical (unpaired) electrons. The van der Waals surface area contributed by atoms with E-state index in [0.717, 1.165) is 10.0 Å². The molecule has 0 aliphatic heterocycles. The molecular formula is C14H15ClN2OS3. The number of aromatic nitrogens is 2. The molecule has 0 N–H and O–H groups in total. The molecule has 1 aromatic heterocycles. The number of benzene rings is 1. The summed E-state index contributed by atoms with van der Waals surface area (Å²) in [5, 5.41) is 5.13. The first-order chi connectivity index (χ1) is 9.77. The Balaban J connectivity index is 2.15. The van der Waals surface area contributed by atoms with Crippen LogP contribution in [0.5, 0.6) is 0 Å². The number of halogens is 1. The van der Waals surface area contributed by atoms with Gasteiger partial charge in [-0.2, -0.15) is 0 Å². The van der Waals surface area contributed by atoms with Crippen LogP contribution in [0.1, 0.15) is 20.8 Å². The predicted octanol–water partition coefficient (Wildman–Crippen LogP) is 5.02. The minimum atomic E-state index is -0.326. The summed E-state index contributed by atoms with van der Waals surface area (Å²) in [5.41, 5.74) is 0.544. The quantitative estimate of drug-likeness (QED) is 0.567. The molecule has 1 aromatic carbocycles. The van der Waals surface area contributed by atoms with Gasteiger partial charge in [-0.05, 0) is 36.5 Å². The second-order valence-electron chi connectivity index (χ2n) is 5.48. The first-order valence-electron chi connectivity index (χ1n) is 6.29. The van der Waals surface area contributed by atoms with Gasteiger partial charge in [-0.25, -0.2) is 4.68 Å². The number of thioether (sulfide) groups is 1. The summed E-state index contributed by atoms with van der Waals surface area (Å²) in [7, 11) is 0. The van der Waals surface area contributed by atoms with Crippen molar-refractivity contribution in [2.24, 2.45) is 5.41 Å². The van der Waals surface area contributed by atoms with E-state index in [2.05, 4.69) is 5.10 Å². The fourth-order valence-corrected chi connectivity index (χ4v) is 4.06. The highest BCUT2D eigenvalue weighted by Gasteiger charge is 2.21. The number of carbonyl (C=O) groups is 1. The van der Waals surface area contributed by atoms with E-state index < -0.39 is 0 Å². The van der Waals surface area contributed by atoms with Crippen molar-refractivity contribution in [1.29, 1.82) is 0 Å². The molecule has 0 amide bonds. The van der Waals surface area contributed by atoms with Crippen LogP contribution in [-0.4, -0.2) is 21.3 Å². The third-order valence-corrected chi connectivity index (χ3v) is 5.38. The molecule has 0 unspecified atom stereocenters. The average Bonchev–Trinajstić information content (AvgIpc) is 2.77. The molecule has 3 nitrogen and oxygen atoms in total. The van der Waals surface area contributed by atoms with Crippen molar-refractivity contribution in [3.63, 3.8) is 0 Å². The molecule has 1 heterocycles. The topological polar surface area (TPSA) is 34.9 Å². The maximum atomic E-state index is 11.9. The smallest absolute Gasteiger partial charge is 0.184 e. The van der Waals surface area contributed by atoms with Crippen LogP contribution in [-0.2, 0) is 4.79 Å². The van der Waals surface area contributed by atoms with Gasteiger partial charge < -0.3 is 0 Å². The van der Waals surface area contributed by atoms with Crippen LogP contribution in [0.25, 0.3) is 5.69 Å². The van der Waals surface area contributed by atoms with E-state index >= 15 is 0 Å². The van der Waals surface area contributed by atoms with Gasteiger partial charge in [0.1, 0.15) is 5.78 Å². The van der Waals surface area contributed by atoms with E-state index in [1.54, 1.807) is 16.8 Å². The Morgan fingerprint density at radius 2 is 2.00 bits per heavy atom. The molecule has 2 rings (SSSR count). The van der Waals surface area contributed by atoms with E-state index in [-0.39, 0.29) is 11.2 Å². The Hall–Kier alpha value is -0.690. The summed E-state index contributed by atoms with van der Waals surface area (Å²) >= 11 is 14.0. The third-order valence-electron chi connectivity index (χ3n) is 2.76. The summed E-state index contributed by atoms with van der Waals surface area (Å²) in [5.74, 6) is 0.610. The van der Waals surface area contributed by atoms with Crippen LogP contribution >= 0.6 is 46.9 Å². The minimum Gasteiger partial charge on any atom is -0.298 e. The normalized spacial score (nSPS) is 11.6. The van der Waals surface area contributed by atoms with Gasteiger partial charge in [-0.3, -0.25) is 4.79 Å². The number of Topliss-reactive ketones (excluding diaryl/α,β-unsaturated/α-hetero) is 1. The highest BCUT2D eigenvalue weighted by Crippen LogP contribution is 2.27. The van der Waals surface area contributed by atoms with E-state index in [1.807, 2.05) is 32.9 Å². The van der Waals surface area contributed by atoms with Crippen molar-refractivity contribution >= 4 is 52.7 Å². The predicted molar refractivity (Wildman–Crippen MR) is 92.5 cm³/mol. The molecule has 0 saturated heterocycles. The SMILES string of the molecule is CC(C)(C)C(=O)CSc1nn(-c2ccc(Cl)cc2)c(=S)s1. The van der Waals surface area contributed by atoms with Gasteiger partial charge in [0.05, 0.1) is 11.4 Å². The molecule has 0 spiro atoms. The van der Waals surface area contributed by atoms with Gasteiger partial charge in [0.2, 0.25) is 0 Å². The zero-order valence-electron chi connectivity index (χ0n) is 11.9. The number of hydrogen-bond donors (Lipinski definition) is 0. The average molecular weight is 359 g/mol. The zero-order chi connectivity index (χ0) is 15.6. The molecule has 0 aliphatic rings. The summed E-state index contributed by atoms with van der Waals surface area (Å²) in [6.07, 6.45) is 0. The van der Waals surface area contributed by atoms with Crippen molar-refractivity contribution in [1.82, 2.24) is 9.78 Å². The first-order valence-corrected chi connectivity index (χ1v) is 8.88. The van der Waals surface area contributed by atoms with Gasteiger partial charge >= 0.3 is 0 Å². The molecule has 0 atom stereocenters. The maximum Gasteiger partial charge on any atom is 0.184 e. The summed E-state index contributed by atoms with van der Waals surface area (Å²) < 4.78 is 3.15. The van der Waals surface area contributed by atoms with Crippen molar-refractivity contribution < 1.29 is 4.79 Å². The van der Waals surface area contributed by atoms with E-state index in [0.29, 0.717) is 14.7 Å². The van der Waals surface area contributed by atoms with Crippen LogP contribution in [0.15, 0.2) is 28.6 Å². The zero-order valence-corrected chi connectivity index (χ0v) is 15.1. The number of ketones is 1. The molecule has 112 valence electrons. The van der Waals surface area contributed by atoms with E-state index in [1.165, 1.54) is 23.1 Å². The van der Waals surface area contributed by atoms with Gasteiger partial charge in [0.15, 0.2) is 8.29 Å². The van der Waals surface area contributed by atoms with E-state index in [9.17, 15) is 4.79 Å². The third kappa shape index (κ3) is 4.39. The Morgan fingerprint density at radius 3 is 2.57 bits per heavy atom. The Morgan fingerprint density at radius 1 is 1.38 bits per heavy atom. The number of nitrogens with zero attached hydrogens (tertiary/aromatic N) is 2. The standard InChI is InChI=1S/C14H15ClN2OS3/c1-14(2,3)11(18)8-20-12-16-17(13(19)21-12)10-6-4-9(15)5-7-10/h4-7H,8H2,1-3H3. The molecule has 2 aromatic rings. The van der Waals surface area contributed by atoms with Crippen molar-refractivity contribution in [2.75, 3.05) is 5.75 Å². The summed E-state index contributed by atoms with van der Waals surface area (Å²) in [6, 6.07) is 7.33. The van der Waals surface area contributed by atoms with Gasteiger partial charge in [-0.15, -0.1) is 5.10 Å². The largest absolute Gasteiger partial charge is 0.298 e. The molecule has 0 fully saturated rings. The van der Waals surface area contributed by atoms with Gasteiger partial charge in [0, 0.05) is 10.4 Å². The number of hydrogen-bond acceptors (Lipinski definition) is 5. The van der Waals surface area contributed by atoms with Crippen LogP contribution in [0.2, 0.25) is 5.02 Å². The summed E-state index contributed by atoms with van der Waals surface area (Å²) in [6.45, 7) is 5.76. The monoisotopic (exact) mass is 358 g/mol. The van der Waals surface area contributed by atoms with Gasteiger partial charge in [0.25, 0.3) is 0 Å². The van der Waals surface area contributed by atoms with Crippen LogP contribution in [0, 0.1) is 9.37 Å². The van der Waals surface area contributed by atoms with Crippen molar-refractivity contribution in [2.45, 2.75) is 25.1 Å². The molecule has 0 saturated carbocycles. The Labute approximate surface area is 142 Å².